The van der Waals surface area contributed by atoms with E-state index in [1.807, 2.05) is 13.8 Å². The molecule has 76 valence electrons. The Morgan fingerprint density at radius 1 is 1.71 bits per heavy atom. The highest BCUT2D eigenvalue weighted by Gasteiger charge is 2.46. The summed E-state index contributed by atoms with van der Waals surface area (Å²) in [6, 6.07) is 0. The number of rotatable bonds is 3. The zero-order valence-electron chi connectivity index (χ0n) is 8.38. The molecular formula is C10H13BrN2O. The number of Topliss-reactive ketones (excluding diaryl/α,β-unsaturated/α-hetero) is 1. The molecule has 1 aromatic heterocycles. The largest absolute Gasteiger partial charge is 0.292 e. The number of carbonyl (C=O) groups is 1. The molecule has 0 bridgehead atoms. The van der Waals surface area contributed by atoms with Crippen LogP contribution < -0.4 is 0 Å². The van der Waals surface area contributed by atoms with Crippen LogP contribution in [0.4, 0.5) is 0 Å². The summed E-state index contributed by atoms with van der Waals surface area (Å²) >= 11 is 3.37. The van der Waals surface area contributed by atoms with Crippen LogP contribution >= 0.6 is 15.9 Å². The van der Waals surface area contributed by atoms with E-state index >= 15 is 0 Å². The van der Waals surface area contributed by atoms with E-state index in [-0.39, 0.29) is 11.2 Å². The number of halogens is 1. The second kappa shape index (κ2) is 3.19. The molecule has 0 amide bonds. The molecule has 1 heterocycles. The second-order valence-electron chi connectivity index (χ2n) is 4.05. The molecule has 1 fully saturated rings. The van der Waals surface area contributed by atoms with Crippen LogP contribution in [0, 0.1) is 5.41 Å². The lowest BCUT2D eigenvalue weighted by molar-refractivity contribution is 0.0900. The maximum Gasteiger partial charge on any atom is 0.187 e. The quantitative estimate of drug-likeness (QED) is 0.780. The van der Waals surface area contributed by atoms with Gasteiger partial charge in [-0.2, -0.15) is 5.10 Å². The first-order valence-electron chi connectivity index (χ1n) is 4.84. The molecule has 0 aliphatic heterocycles. The molecule has 0 aromatic carbocycles. The third-order valence-electron chi connectivity index (χ3n) is 2.86. The zero-order valence-corrected chi connectivity index (χ0v) is 9.97. The summed E-state index contributed by atoms with van der Waals surface area (Å²) in [7, 11) is 0. The Bertz CT molecular complexity index is 379. The number of aryl methyl sites for hydroxylation is 1. The van der Waals surface area contributed by atoms with Crippen LogP contribution in [0.2, 0.25) is 0 Å². The Labute approximate surface area is 91.6 Å². The fourth-order valence-corrected chi connectivity index (χ4v) is 2.00. The first-order chi connectivity index (χ1) is 6.58. The monoisotopic (exact) mass is 256 g/mol. The molecule has 14 heavy (non-hydrogen) atoms. The van der Waals surface area contributed by atoms with Crippen molar-refractivity contribution in [2.45, 2.75) is 33.2 Å². The van der Waals surface area contributed by atoms with Crippen molar-refractivity contribution in [3.05, 3.63) is 16.4 Å². The molecule has 0 unspecified atom stereocenters. The number of nitrogens with zero attached hydrogens (tertiary/aromatic N) is 2. The SMILES string of the molecule is CCn1ncc(Br)c1C(=O)C1(C)CC1. The Morgan fingerprint density at radius 2 is 2.36 bits per heavy atom. The van der Waals surface area contributed by atoms with Gasteiger partial charge in [0, 0.05) is 12.0 Å². The minimum Gasteiger partial charge on any atom is -0.292 e. The maximum absolute atomic E-state index is 12.1. The molecule has 1 saturated carbocycles. The third-order valence-corrected chi connectivity index (χ3v) is 3.44. The Kier molecular flexibility index (Phi) is 2.26. The summed E-state index contributed by atoms with van der Waals surface area (Å²) in [6.45, 7) is 4.75. The van der Waals surface area contributed by atoms with Gasteiger partial charge in [0.15, 0.2) is 5.78 Å². The van der Waals surface area contributed by atoms with Gasteiger partial charge >= 0.3 is 0 Å². The normalized spacial score (nSPS) is 18.2. The van der Waals surface area contributed by atoms with E-state index in [9.17, 15) is 4.79 Å². The van der Waals surface area contributed by atoms with Crippen molar-refractivity contribution < 1.29 is 4.79 Å². The van der Waals surface area contributed by atoms with Crippen LogP contribution in [0.1, 0.15) is 37.2 Å². The molecule has 1 aromatic rings. The summed E-state index contributed by atoms with van der Waals surface area (Å²) in [5.41, 5.74) is 0.614. The molecule has 1 aliphatic carbocycles. The van der Waals surface area contributed by atoms with Crippen molar-refractivity contribution in [1.82, 2.24) is 9.78 Å². The van der Waals surface area contributed by atoms with Crippen molar-refractivity contribution in [3.8, 4) is 0 Å². The van der Waals surface area contributed by atoms with Gasteiger partial charge in [0.1, 0.15) is 5.69 Å². The van der Waals surface area contributed by atoms with Crippen molar-refractivity contribution >= 4 is 21.7 Å². The molecule has 3 nitrogen and oxygen atoms in total. The summed E-state index contributed by atoms with van der Waals surface area (Å²) in [4.78, 5) is 12.1. The second-order valence-corrected chi connectivity index (χ2v) is 4.90. The minimum absolute atomic E-state index is 0.116. The lowest BCUT2D eigenvalue weighted by Gasteiger charge is -2.09. The van der Waals surface area contributed by atoms with E-state index in [2.05, 4.69) is 21.0 Å². The third kappa shape index (κ3) is 1.41. The molecule has 0 radical (unpaired) electrons. The standard InChI is InChI=1S/C10H13BrN2O/c1-3-13-8(7(11)6-12-13)9(14)10(2)4-5-10/h6H,3-5H2,1-2H3. The molecule has 1 aliphatic rings. The fraction of sp³-hybridized carbons (Fsp3) is 0.600. The van der Waals surface area contributed by atoms with Crippen LogP contribution in [0.15, 0.2) is 10.7 Å². The van der Waals surface area contributed by atoms with Crippen LogP contribution in [0.3, 0.4) is 0 Å². The molecule has 4 heteroatoms. The van der Waals surface area contributed by atoms with E-state index < -0.39 is 0 Å². The Balaban J connectivity index is 2.39. The van der Waals surface area contributed by atoms with Gasteiger partial charge in [0.25, 0.3) is 0 Å². The van der Waals surface area contributed by atoms with Gasteiger partial charge in [0.05, 0.1) is 10.7 Å². The number of ketones is 1. The van der Waals surface area contributed by atoms with E-state index in [1.54, 1.807) is 10.9 Å². The van der Waals surface area contributed by atoms with Gasteiger partial charge < -0.3 is 0 Å². The number of hydrogen-bond donors (Lipinski definition) is 0. The van der Waals surface area contributed by atoms with E-state index in [4.69, 9.17) is 0 Å². The molecule has 0 atom stereocenters. The first kappa shape index (κ1) is 9.90. The van der Waals surface area contributed by atoms with E-state index in [1.165, 1.54) is 0 Å². The fourth-order valence-electron chi connectivity index (χ4n) is 1.53. The summed E-state index contributed by atoms with van der Waals surface area (Å²) in [5.74, 6) is 0.226. The van der Waals surface area contributed by atoms with Crippen molar-refractivity contribution in [2.24, 2.45) is 5.41 Å². The summed E-state index contributed by atoms with van der Waals surface area (Å²) < 4.78 is 2.58. The molecule has 0 spiro atoms. The number of aromatic nitrogens is 2. The predicted octanol–water partition coefficient (Wildman–Crippen LogP) is 2.65. The average Bonchev–Trinajstić information content (AvgIpc) is 2.79. The van der Waals surface area contributed by atoms with Gasteiger partial charge in [-0.25, -0.2) is 0 Å². The number of hydrogen-bond acceptors (Lipinski definition) is 2. The van der Waals surface area contributed by atoms with Gasteiger partial charge in [0.2, 0.25) is 0 Å². The molecule has 0 saturated heterocycles. The average molecular weight is 257 g/mol. The van der Waals surface area contributed by atoms with Crippen LogP contribution in [-0.2, 0) is 6.54 Å². The van der Waals surface area contributed by atoms with Crippen molar-refractivity contribution in [3.63, 3.8) is 0 Å². The molecule has 2 rings (SSSR count). The van der Waals surface area contributed by atoms with Gasteiger partial charge in [-0.05, 0) is 35.7 Å². The first-order valence-corrected chi connectivity index (χ1v) is 5.64. The summed E-state index contributed by atoms with van der Waals surface area (Å²) in [6.07, 6.45) is 3.71. The highest BCUT2D eigenvalue weighted by molar-refractivity contribution is 9.10. The van der Waals surface area contributed by atoms with Crippen LogP contribution in [-0.4, -0.2) is 15.6 Å². The van der Waals surface area contributed by atoms with Crippen molar-refractivity contribution in [2.75, 3.05) is 0 Å². The van der Waals surface area contributed by atoms with Crippen LogP contribution in [0.5, 0.6) is 0 Å². The van der Waals surface area contributed by atoms with E-state index in [0.717, 1.165) is 29.6 Å². The predicted molar refractivity (Wildman–Crippen MR) is 57.3 cm³/mol. The minimum atomic E-state index is -0.116. The summed E-state index contributed by atoms with van der Waals surface area (Å²) in [5, 5.41) is 4.15. The van der Waals surface area contributed by atoms with Gasteiger partial charge in [-0.15, -0.1) is 0 Å². The topological polar surface area (TPSA) is 34.9 Å². The highest BCUT2D eigenvalue weighted by atomic mass is 79.9. The van der Waals surface area contributed by atoms with Gasteiger partial charge in [-0.3, -0.25) is 9.48 Å². The highest BCUT2D eigenvalue weighted by Crippen LogP contribution is 2.48. The lowest BCUT2D eigenvalue weighted by Crippen LogP contribution is -2.17. The molecular weight excluding hydrogens is 244 g/mol. The van der Waals surface area contributed by atoms with Gasteiger partial charge in [-0.1, -0.05) is 6.92 Å². The van der Waals surface area contributed by atoms with Crippen molar-refractivity contribution in [1.29, 1.82) is 0 Å². The Morgan fingerprint density at radius 3 is 2.86 bits per heavy atom. The van der Waals surface area contributed by atoms with E-state index in [0.29, 0.717) is 0 Å². The molecule has 0 N–H and O–H groups in total. The zero-order chi connectivity index (χ0) is 10.3. The number of carbonyl (C=O) groups excluding carboxylic acids is 1. The lowest BCUT2D eigenvalue weighted by atomic mass is 10.0. The smallest absolute Gasteiger partial charge is 0.187 e. The Hall–Kier alpha value is -0.640. The van der Waals surface area contributed by atoms with Crippen LogP contribution in [0.25, 0.3) is 0 Å². The maximum atomic E-state index is 12.1.